The number of aromatic hydroxyl groups is 1. The van der Waals surface area contributed by atoms with Gasteiger partial charge in [0.25, 0.3) is 0 Å². The van der Waals surface area contributed by atoms with Crippen molar-refractivity contribution >= 4 is 5.97 Å². The number of ether oxygens (including phenoxy) is 5. The first-order chi connectivity index (χ1) is 16.4. The molecule has 2 heterocycles. The van der Waals surface area contributed by atoms with Crippen molar-refractivity contribution in [3.05, 3.63) is 41.0 Å². The Kier molecular flexibility index (Phi) is 5.91. The molecule has 1 saturated heterocycles. The van der Waals surface area contributed by atoms with E-state index in [0.29, 0.717) is 18.1 Å². The van der Waals surface area contributed by atoms with Gasteiger partial charge in [0, 0.05) is 31.0 Å². The van der Waals surface area contributed by atoms with E-state index in [1.54, 1.807) is 12.1 Å². The number of phenolic OH excluding ortho intramolecular Hbond substituents is 1. The van der Waals surface area contributed by atoms with Gasteiger partial charge in [0.15, 0.2) is 23.0 Å². The molecule has 0 bridgehead atoms. The first kappa shape index (κ1) is 22.6. The van der Waals surface area contributed by atoms with Crippen molar-refractivity contribution in [3.8, 4) is 28.7 Å². The minimum absolute atomic E-state index is 0.0710. The highest BCUT2D eigenvalue weighted by Gasteiger charge is 2.52. The van der Waals surface area contributed by atoms with Crippen LogP contribution in [0.2, 0.25) is 0 Å². The molecule has 2 N–H and O–H groups in total. The van der Waals surface area contributed by atoms with Gasteiger partial charge in [-0.05, 0) is 55.1 Å². The highest BCUT2D eigenvalue weighted by atomic mass is 16.7. The Bertz CT molecular complexity index is 1080. The number of rotatable bonds is 7. The van der Waals surface area contributed by atoms with E-state index in [0.717, 1.165) is 29.8 Å². The summed E-state index contributed by atoms with van der Waals surface area (Å²) < 4.78 is 27.8. The van der Waals surface area contributed by atoms with Crippen LogP contribution in [0.15, 0.2) is 24.3 Å². The van der Waals surface area contributed by atoms with Crippen molar-refractivity contribution in [1.29, 1.82) is 0 Å². The molecular weight excluding hydrogens is 440 g/mol. The Morgan fingerprint density at radius 3 is 2.29 bits per heavy atom. The highest BCUT2D eigenvalue weighted by Crippen LogP contribution is 2.55. The van der Waals surface area contributed by atoms with Crippen molar-refractivity contribution in [2.24, 2.45) is 11.8 Å². The predicted octanol–water partition coefficient (Wildman–Crippen LogP) is 2.27. The second kappa shape index (κ2) is 8.88. The molecule has 2 aliphatic heterocycles. The summed E-state index contributed by atoms with van der Waals surface area (Å²) >= 11 is 0. The van der Waals surface area contributed by atoms with E-state index in [1.165, 1.54) is 14.2 Å². The lowest BCUT2D eigenvalue weighted by atomic mass is 9.65. The maximum Gasteiger partial charge on any atom is 0.310 e. The standard InChI is InChI=1S/C25H30N2O7/c1-27(2)6-5-26-23-15-10-18-17(33-12-34-18)9-14(15)21(22-16(23)11-32-25(22)29)13-7-19(30-3)24(28)20(8-13)31-4/h7-10,16,21-23,26,28H,5-6,11-12H2,1-4H3/t16-,21+,22-,23+/m0/s1. The van der Waals surface area contributed by atoms with Crippen LogP contribution in [0.25, 0.3) is 0 Å². The van der Waals surface area contributed by atoms with Crippen LogP contribution < -0.4 is 24.3 Å². The number of phenols is 1. The third-order valence-electron chi connectivity index (χ3n) is 6.97. The van der Waals surface area contributed by atoms with Crippen LogP contribution in [0.3, 0.4) is 0 Å². The fourth-order valence-corrected chi connectivity index (χ4v) is 5.36. The van der Waals surface area contributed by atoms with Crippen LogP contribution in [0.4, 0.5) is 0 Å². The molecule has 1 fully saturated rings. The number of nitrogens with zero attached hydrogens (tertiary/aromatic N) is 1. The summed E-state index contributed by atoms with van der Waals surface area (Å²) in [5, 5.41) is 14.1. The highest BCUT2D eigenvalue weighted by molar-refractivity contribution is 5.79. The molecule has 0 saturated carbocycles. The zero-order valence-corrected chi connectivity index (χ0v) is 19.8. The van der Waals surface area contributed by atoms with Crippen molar-refractivity contribution < 1.29 is 33.6 Å². The number of carbonyl (C=O) groups is 1. The van der Waals surface area contributed by atoms with Gasteiger partial charge in [-0.2, -0.15) is 0 Å². The van der Waals surface area contributed by atoms with Crippen LogP contribution in [0, 0.1) is 11.8 Å². The van der Waals surface area contributed by atoms with Gasteiger partial charge >= 0.3 is 5.97 Å². The molecule has 34 heavy (non-hydrogen) atoms. The van der Waals surface area contributed by atoms with Gasteiger partial charge in [0.1, 0.15) is 0 Å². The molecule has 2 aromatic rings. The normalized spacial score (nSPS) is 24.6. The number of esters is 1. The molecule has 182 valence electrons. The van der Waals surface area contributed by atoms with Crippen molar-refractivity contribution in [2.75, 3.05) is 54.8 Å². The minimum atomic E-state index is -0.413. The first-order valence-electron chi connectivity index (χ1n) is 11.4. The molecular formula is C25H30N2O7. The second-order valence-electron chi connectivity index (χ2n) is 9.14. The van der Waals surface area contributed by atoms with E-state index in [4.69, 9.17) is 23.7 Å². The summed E-state index contributed by atoms with van der Waals surface area (Å²) in [7, 11) is 7.04. The number of carbonyl (C=O) groups excluding carboxylic acids is 1. The molecule has 3 aliphatic rings. The fraction of sp³-hybridized carbons (Fsp3) is 0.480. The first-order valence-corrected chi connectivity index (χ1v) is 11.4. The van der Waals surface area contributed by atoms with Gasteiger partial charge in [0.05, 0.1) is 26.7 Å². The van der Waals surface area contributed by atoms with Crippen LogP contribution in [-0.2, 0) is 9.53 Å². The Hall–Kier alpha value is -3.17. The zero-order chi connectivity index (χ0) is 24.0. The van der Waals surface area contributed by atoms with Gasteiger partial charge in [-0.3, -0.25) is 4.79 Å². The molecule has 0 unspecified atom stereocenters. The lowest BCUT2D eigenvalue weighted by Crippen LogP contribution is -2.42. The maximum atomic E-state index is 13.1. The predicted molar refractivity (Wildman–Crippen MR) is 123 cm³/mol. The molecule has 2 aromatic carbocycles. The Balaban J connectivity index is 1.67. The summed E-state index contributed by atoms with van der Waals surface area (Å²) in [5.41, 5.74) is 2.81. The molecule has 4 atom stereocenters. The Morgan fingerprint density at radius 1 is 1.03 bits per heavy atom. The lowest BCUT2D eigenvalue weighted by Gasteiger charge is -2.40. The molecule has 5 rings (SSSR count). The second-order valence-corrected chi connectivity index (χ2v) is 9.14. The Labute approximate surface area is 198 Å². The summed E-state index contributed by atoms with van der Waals surface area (Å²) in [6.07, 6.45) is 0. The van der Waals surface area contributed by atoms with E-state index >= 15 is 0 Å². The van der Waals surface area contributed by atoms with Crippen molar-refractivity contribution in [2.45, 2.75) is 12.0 Å². The Morgan fingerprint density at radius 2 is 1.68 bits per heavy atom. The van der Waals surface area contributed by atoms with Crippen LogP contribution >= 0.6 is 0 Å². The third-order valence-corrected chi connectivity index (χ3v) is 6.97. The summed E-state index contributed by atoms with van der Waals surface area (Å²) in [5.74, 6) is 0.783. The number of hydrogen-bond donors (Lipinski definition) is 2. The van der Waals surface area contributed by atoms with E-state index in [-0.39, 0.29) is 47.9 Å². The van der Waals surface area contributed by atoms with Gasteiger partial charge in [-0.15, -0.1) is 0 Å². The van der Waals surface area contributed by atoms with E-state index < -0.39 is 5.92 Å². The van der Waals surface area contributed by atoms with Crippen LogP contribution in [0.5, 0.6) is 28.7 Å². The largest absolute Gasteiger partial charge is 0.502 e. The molecule has 9 heteroatoms. The number of nitrogens with one attached hydrogen (secondary N) is 1. The molecule has 0 amide bonds. The number of methoxy groups -OCH3 is 2. The van der Waals surface area contributed by atoms with Gasteiger partial charge in [-0.1, -0.05) is 0 Å². The third kappa shape index (κ3) is 3.69. The SMILES string of the molecule is COc1cc([C@@H]2c3cc4c(cc3[C@@H](NCCN(C)C)[C@H]3COC(=O)[C@H]23)OCO4)cc(OC)c1O. The summed E-state index contributed by atoms with van der Waals surface area (Å²) in [6, 6.07) is 7.43. The molecule has 1 aliphatic carbocycles. The van der Waals surface area contributed by atoms with Crippen molar-refractivity contribution in [3.63, 3.8) is 0 Å². The number of cyclic esters (lactones) is 1. The molecule has 0 aromatic heterocycles. The number of benzene rings is 2. The molecule has 0 spiro atoms. The van der Waals surface area contributed by atoms with Gasteiger partial charge < -0.3 is 39.0 Å². The summed E-state index contributed by atoms with van der Waals surface area (Å²) in [6.45, 7) is 2.12. The maximum absolute atomic E-state index is 13.1. The summed E-state index contributed by atoms with van der Waals surface area (Å²) in [4.78, 5) is 15.2. The topological polar surface area (TPSA) is 98.7 Å². The van der Waals surface area contributed by atoms with E-state index in [9.17, 15) is 9.90 Å². The van der Waals surface area contributed by atoms with Gasteiger partial charge in [-0.25, -0.2) is 0 Å². The zero-order valence-electron chi connectivity index (χ0n) is 19.8. The van der Waals surface area contributed by atoms with E-state index in [1.807, 2.05) is 26.2 Å². The molecule has 0 radical (unpaired) electrons. The minimum Gasteiger partial charge on any atom is -0.502 e. The van der Waals surface area contributed by atoms with Crippen molar-refractivity contribution in [1.82, 2.24) is 10.2 Å². The average molecular weight is 471 g/mol. The monoisotopic (exact) mass is 470 g/mol. The smallest absolute Gasteiger partial charge is 0.310 e. The van der Waals surface area contributed by atoms with E-state index in [2.05, 4.69) is 10.2 Å². The molecule has 9 nitrogen and oxygen atoms in total. The lowest BCUT2D eigenvalue weighted by molar-refractivity contribution is -0.141. The van der Waals surface area contributed by atoms with Crippen LogP contribution in [0.1, 0.15) is 28.7 Å². The number of likely N-dealkylation sites (N-methyl/N-ethyl adjacent to an activating group) is 1. The van der Waals surface area contributed by atoms with Crippen LogP contribution in [-0.4, -0.2) is 70.8 Å². The number of fused-ring (bicyclic) bond motifs is 3. The quantitative estimate of drug-likeness (QED) is 0.591. The number of hydrogen-bond acceptors (Lipinski definition) is 9. The fourth-order valence-electron chi connectivity index (χ4n) is 5.36. The average Bonchev–Trinajstić information content (AvgIpc) is 3.44. The van der Waals surface area contributed by atoms with Gasteiger partial charge in [0.2, 0.25) is 12.5 Å².